The minimum Gasteiger partial charge on any atom is -0.331 e. The lowest BCUT2D eigenvalue weighted by Crippen LogP contribution is -2.42. The number of thiocarbonyl (C=S) groups is 1. The van der Waals surface area contributed by atoms with Crippen LogP contribution in [0.2, 0.25) is 5.02 Å². The van der Waals surface area contributed by atoms with E-state index in [-0.39, 0.29) is 10.1 Å². The summed E-state index contributed by atoms with van der Waals surface area (Å²) in [7, 11) is -6.09. The zero-order valence-corrected chi connectivity index (χ0v) is 27.2. The lowest BCUT2D eigenvalue weighted by molar-refractivity contribution is 0.368. The number of nitrogens with one attached hydrogen (secondary N) is 2. The van der Waals surface area contributed by atoms with Crippen molar-refractivity contribution in [2.75, 3.05) is 36.2 Å². The average molecular weight is 624 g/mol. The maximum atomic E-state index is 13.2. The molecule has 0 aliphatic carbocycles. The van der Waals surface area contributed by atoms with Gasteiger partial charge in [-0.1, -0.05) is 76.3 Å². The molecule has 0 bridgehead atoms. The number of rotatable bonds is 6. The third kappa shape index (κ3) is 7.47. The molecule has 2 aromatic carbocycles. The van der Waals surface area contributed by atoms with Gasteiger partial charge in [-0.05, 0) is 68.2 Å². The van der Waals surface area contributed by atoms with E-state index in [0.29, 0.717) is 21.5 Å². The maximum absolute atomic E-state index is 13.2. The molecule has 2 aliphatic heterocycles. The highest BCUT2D eigenvalue weighted by Gasteiger charge is 2.44. The maximum Gasteiger partial charge on any atom is 0.262 e. The molecule has 220 valence electrons. The Morgan fingerprint density at radius 1 is 0.875 bits per heavy atom. The first kappa shape index (κ1) is 31.5. The zero-order valence-electron chi connectivity index (χ0n) is 23.9. The Kier molecular flexibility index (Phi) is 10.7. The summed E-state index contributed by atoms with van der Waals surface area (Å²) < 4.78 is 39.8. The first-order valence-electron chi connectivity index (χ1n) is 14.3. The third-order valence-electron chi connectivity index (χ3n) is 7.60. The molecule has 0 amide bonds. The molecule has 7 nitrogen and oxygen atoms in total. The predicted octanol–water partition coefficient (Wildman–Crippen LogP) is 8.42. The zero-order chi connectivity index (χ0) is 28.8. The summed E-state index contributed by atoms with van der Waals surface area (Å²) in [6, 6.07) is 13.5. The van der Waals surface area contributed by atoms with Crippen LogP contribution in [0.4, 0.5) is 11.4 Å². The summed E-state index contributed by atoms with van der Waals surface area (Å²) in [4.78, 5) is 0.122. The molecular weight excluding hydrogens is 581 g/mol. The van der Waals surface area contributed by atoms with E-state index in [4.69, 9.17) is 28.6 Å². The van der Waals surface area contributed by atoms with Crippen molar-refractivity contribution in [2.24, 2.45) is 4.74 Å². The van der Waals surface area contributed by atoms with Crippen molar-refractivity contribution >= 4 is 57.7 Å². The summed E-state index contributed by atoms with van der Waals surface area (Å²) in [5.41, 5.74) is 0.928. The molecule has 2 aliphatic rings. The van der Waals surface area contributed by atoms with Crippen molar-refractivity contribution in [2.45, 2.75) is 82.2 Å². The first-order chi connectivity index (χ1) is 19.0. The molecule has 2 heterocycles. The van der Waals surface area contributed by atoms with Gasteiger partial charge >= 0.3 is 0 Å². The van der Waals surface area contributed by atoms with Gasteiger partial charge in [0, 0.05) is 37.0 Å². The highest BCUT2D eigenvalue weighted by molar-refractivity contribution is 7.92. The summed E-state index contributed by atoms with van der Waals surface area (Å²) in [6.07, 6.45) is 9.75. The molecule has 0 radical (unpaired) electrons. The molecule has 2 N–H and O–H groups in total. The van der Waals surface area contributed by atoms with E-state index in [1.165, 1.54) is 51.4 Å². The minimum absolute atomic E-state index is 0.0997. The smallest absolute Gasteiger partial charge is 0.262 e. The van der Waals surface area contributed by atoms with Crippen LogP contribution in [0.25, 0.3) is 0 Å². The number of anilines is 2. The van der Waals surface area contributed by atoms with Crippen molar-refractivity contribution in [1.82, 2.24) is 9.34 Å². The molecular formula is C29H43ClN5O2PS2. The molecule has 0 atom stereocenters. The normalized spacial score (nSPS) is 18.4. The molecule has 4 rings (SSSR count). The summed E-state index contributed by atoms with van der Waals surface area (Å²) >= 11 is 12.1. The van der Waals surface area contributed by atoms with Gasteiger partial charge in [0.05, 0.1) is 15.6 Å². The SMILES string of the molecule is CC(C)(C)P(=NC(=S)Nc1cccc(S(=O)(=O)Nc2ccccc2Cl)c1)(N1CCCCCC1)N1CCCCCC1. The molecule has 0 aromatic heterocycles. The van der Waals surface area contributed by atoms with Crippen molar-refractivity contribution in [3.05, 3.63) is 53.6 Å². The Labute approximate surface area is 251 Å². The first-order valence-corrected chi connectivity index (χ1v) is 18.3. The van der Waals surface area contributed by atoms with E-state index >= 15 is 0 Å². The fraction of sp³-hybridized carbons (Fsp3) is 0.552. The fourth-order valence-corrected chi connectivity index (χ4v) is 12.1. The lowest BCUT2D eigenvalue weighted by Gasteiger charge is -2.50. The van der Waals surface area contributed by atoms with E-state index in [0.717, 1.165) is 26.2 Å². The Morgan fingerprint density at radius 3 is 1.95 bits per heavy atom. The van der Waals surface area contributed by atoms with Gasteiger partial charge in [0.15, 0.2) is 5.11 Å². The molecule has 2 aromatic rings. The number of benzene rings is 2. The third-order valence-corrected chi connectivity index (χ3v) is 14.3. The van der Waals surface area contributed by atoms with Crippen molar-refractivity contribution in [3.8, 4) is 0 Å². The van der Waals surface area contributed by atoms with Crippen LogP contribution in [-0.2, 0) is 10.0 Å². The Balaban J connectivity index is 1.68. The van der Waals surface area contributed by atoms with Crippen LogP contribution in [0.15, 0.2) is 58.2 Å². The summed E-state index contributed by atoms with van der Waals surface area (Å²) in [6.45, 7) is 11.1. The second-order valence-electron chi connectivity index (χ2n) is 11.6. The van der Waals surface area contributed by atoms with Crippen LogP contribution in [0.1, 0.15) is 72.1 Å². The van der Waals surface area contributed by atoms with Gasteiger partial charge in [-0.25, -0.2) is 13.2 Å². The summed E-state index contributed by atoms with van der Waals surface area (Å²) in [5, 5.41) is 3.93. The van der Waals surface area contributed by atoms with Gasteiger partial charge in [0.1, 0.15) is 7.36 Å². The minimum atomic E-state index is -3.85. The van der Waals surface area contributed by atoms with E-state index in [1.807, 2.05) is 6.07 Å². The van der Waals surface area contributed by atoms with Gasteiger partial charge in [-0.2, -0.15) is 0 Å². The van der Waals surface area contributed by atoms with Crippen LogP contribution < -0.4 is 10.0 Å². The van der Waals surface area contributed by atoms with E-state index < -0.39 is 17.4 Å². The Hall–Kier alpha value is -1.48. The molecule has 2 fully saturated rings. The highest BCUT2D eigenvalue weighted by atomic mass is 35.5. The van der Waals surface area contributed by atoms with Crippen LogP contribution in [0.5, 0.6) is 0 Å². The molecule has 0 spiro atoms. The monoisotopic (exact) mass is 623 g/mol. The van der Waals surface area contributed by atoms with Gasteiger partial charge in [-0.15, -0.1) is 0 Å². The van der Waals surface area contributed by atoms with Gasteiger partial charge in [0.25, 0.3) is 10.0 Å². The van der Waals surface area contributed by atoms with E-state index in [9.17, 15) is 8.42 Å². The number of hydrogen-bond acceptors (Lipinski definition) is 3. The van der Waals surface area contributed by atoms with Crippen molar-refractivity contribution in [3.63, 3.8) is 0 Å². The van der Waals surface area contributed by atoms with Crippen molar-refractivity contribution in [1.29, 1.82) is 0 Å². The predicted molar refractivity (Wildman–Crippen MR) is 174 cm³/mol. The van der Waals surface area contributed by atoms with Crippen LogP contribution in [0.3, 0.4) is 0 Å². The Bertz CT molecular complexity index is 1310. The van der Waals surface area contributed by atoms with Crippen LogP contribution in [-0.4, -0.2) is 54.2 Å². The van der Waals surface area contributed by atoms with E-state index in [1.54, 1.807) is 42.5 Å². The van der Waals surface area contributed by atoms with Crippen LogP contribution >= 0.6 is 31.2 Å². The molecule has 11 heteroatoms. The second kappa shape index (κ2) is 13.7. The number of halogens is 1. The number of hydrogen-bond donors (Lipinski definition) is 2. The highest BCUT2D eigenvalue weighted by Crippen LogP contribution is 2.67. The summed E-state index contributed by atoms with van der Waals surface area (Å²) in [5.74, 6) is 0. The lowest BCUT2D eigenvalue weighted by atomic mass is 10.2. The van der Waals surface area contributed by atoms with Crippen LogP contribution in [0, 0.1) is 0 Å². The topological polar surface area (TPSA) is 77.0 Å². The van der Waals surface area contributed by atoms with E-state index in [2.05, 4.69) is 40.2 Å². The Morgan fingerprint density at radius 2 is 1.43 bits per heavy atom. The van der Waals surface area contributed by atoms with Crippen molar-refractivity contribution < 1.29 is 8.42 Å². The van der Waals surface area contributed by atoms with Gasteiger partial charge in [-0.3, -0.25) is 14.1 Å². The van der Waals surface area contributed by atoms with Gasteiger partial charge in [0.2, 0.25) is 0 Å². The number of nitrogens with zero attached hydrogens (tertiary/aromatic N) is 3. The average Bonchev–Trinajstić information content (AvgIpc) is 3.34. The molecule has 40 heavy (non-hydrogen) atoms. The molecule has 0 unspecified atom stereocenters. The molecule has 2 saturated heterocycles. The largest absolute Gasteiger partial charge is 0.331 e. The second-order valence-corrected chi connectivity index (χ2v) is 17.9. The van der Waals surface area contributed by atoms with Gasteiger partial charge < -0.3 is 5.32 Å². The number of sulfonamides is 1. The fourth-order valence-electron chi connectivity index (χ4n) is 5.73. The molecule has 0 saturated carbocycles. The number of para-hydroxylation sites is 1. The quantitative estimate of drug-likeness (QED) is 0.248. The standard InChI is InChI=1S/C29H43ClN5O2PS2/c1-29(2,3)38(34-19-10-4-5-11-20-34,35-21-12-6-7-13-22-35)32-28(39)31-24-15-14-16-25(23-24)40(36,37)33-27-18-9-8-17-26(27)30/h8-9,14-18,23,33H,4-7,10-13,19-22H2,1-3H3,(H,31,39).